The summed E-state index contributed by atoms with van der Waals surface area (Å²) in [5.41, 5.74) is 4.48. The molecule has 1 atom stereocenters. The van der Waals surface area contributed by atoms with Gasteiger partial charge in [-0.15, -0.1) is 0 Å². The lowest BCUT2D eigenvalue weighted by atomic mass is 9.88. The first-order chi connectivity index (χ1) is 14.5. The van der Waals surface area contributed by atoms with Gasteiger partial charge in [0.25, 0.3) is 5.91 Å². The van der Waals surface area contributed by atoms with Gasteiger partial charge >= 0.3 is 0 Å². The maximum Gasteiger partial charge on any atom is 0.255 e. The second-order valence-corrected chi connectivity index (χ2v) is 8.91. The first-order valence-corrected chi connectivity index (χ1v) is 10.8. The molecule has 0 bridgehead atoms. The van der Waals surface area contributed by atoms with Gasteiger partial charge in [-0.2, -0.15) is 0 Å². The third-order valence-corrected chi connectivity index (χ3v) is 6.63. The van der Waals surface area contributed by atoms with Gasteiger partial charge in [0, 0.05) is 55.1 Å². The number of rotatable bonds is 5. The van der Waals surface area contributed by atoms with Crippen LogP contribution in [-0.4, -0.2) is 65.1 Å². The molecule has 2 aromatic rings. The van der Waals surface area contributed by atoms with Crippen molar-refractivity contribution in [3.63, 3.8) is 0 Å². The summed E-state index contributed by atoms with van der Waals surface area (Å²) < 4.78 is 1.93. The first-order valence-electron chi connectivity index (χ1n) is 10.8. The smallest absolute Gasteiger partial charge is 0.255 e. The molecule has 2 amide bonds. The van der Waals surface area contributed by atoms with Crippen molar-refractivity contribution in [2.75, 3.05) is 20.6 Å². The Kier molecular flexibility index (Phi) is 4.72. The second-order valence-electron chi connectivity index (χ2n) is 8.91. The second kappa shape index (κ2) is 7.42. The normalized spacial score (nSPS) is 20.5. The van der Waals surface area contributed by atoms with Crippen LogP contribution < -0.4 is 0 Å². The average molecular weight is 405 g/mol. The number of carbonyl (C=O) groups excluding carboxylic acids is 2. The number of hydrogen-bond donors (Lipinski definition) is 0. The van der Waals surface area contributed by atoms with Crippen LogP contribution in [0, 0.1) is 0 Å². The summed E-state index contributed by atoms with van der Waals surface area (Å²) >= 11 is 0. The van der Waals surface area contributed by atoms with Crippen molar-refractivity contribution in [2.45, 2.75) is 50.7 Å². The topological polar surface area (TPSA) is 57.9 Å². The SMILES string of the molecule is CN(C)C(=O)Cn1ccc2c(C(=O)N(C3CC3)C3CCC4=C(C=NC4)C3)cccc21. The van der Waals surface area contributed by atoms with E-state index in [9.17, 15) is 9.59 Å². The summed E-state index contributed by atoms with van der Waals surface area (Å²) in [6.45, 7) is 1.12. The van der Waals surface area contributed by atoms with Gasteiger partial charge < -0.3 is 14.4 Å². The van der Waals surface area contributed by atoms with E-state index in [0.717, 1.165) is 55.1 Å². The quantitative estimate of drug-likeness (QED) is 0.768. The summed E-state index contributed by atoms with van der Waals surface area (Å²) in [7, 11) is 3.52. The van der Waals surface area contributed by atoms with Crippen molar-refractivity contribution in [1.82, 2.24) is 14.4 Å². The van der Waals surface area contributed by atoms with Crippen LogP contribution in [0.25, 0.3) is 10.9 Å². The third-order valence-electron chi connectivity index (χ3n) is 6.63. The number of aliphatic imine (C=N–C) groups is 1. The number of aromatic nitrogens is 1. The van der Waals surface area contributed by atoms with Gasteiger partial charge in [0.2, 0.25) is 5.91 Å². The fourth-order valence-corrected chi connectivity index (χ4v) is 4.79. The predicted octanol–water partition coefficient (Wildman–Crippen LogP) is 3.27. The Morgan fingerprint density at radius 1 is 1.13 bits per heavy atom. The molecule has 6 heteroatoms. The number of carbonyl (C=O) groups is 2. The number of nitrogens with zero attached hydrogens (tertiary/aromatic N) is 4. The Hall–Kier alpha value is -2.89. The zero-order valence-electron chi connectivity index (χ0n) is 17.7. The van der Waals surface area contributed by atoms with Gasteiger partial charge in [-0.1, -0.05) is 6.07 Å². The molecule has 0 spiro atoms. The standard InChI is InChI=1S/C24H28N4O2/c1-26(2)23(29)15-27-11-10-20-21(4-3-5-22(20)27)24(30)28(18-8-9-18)19-7-6-16-13-25-14-17(16)12-19/h3-5,10-11,14,18-19H,6-9,12-13,15H2,1-2H3. The molecule has 5 rings (SSSR count). The predicted molar refractivity (Wildman–Crippen MR) is 118 cm³/mol. The number of hydrogen-bond acceptors (Lipinski definition) is 3. The van der Waals surface area contributed by atoms with E-state index in [1.807, 2.05) is 41.2 Å². The largest absolute Gasteiger partial charge is 0.347 e. The zero-order valence-corrected chi connectivity index (χ0v) is 17.7. The minimum absolute atomic E-state index is 0.0355. The van der Waals surface area contributed by atoms with Crippen molar-refractivity contribution in [2.24, 2.45) is 4.99 Å². The van der Waals surface area contributed by atoms with E-state index >= 15 is 0 Å². The summed E-state index contributed by atoms with van der Waals surface area (Å²) in [4.78, 5) is 34.1. The van der Waals surface area contributed by atoms with Crippen LogP contribution in [-0.2, 0) is 11.3 Å². The summed E-state index contributed by atoms with van der Waals surface area (Å²) in [5, 5.41) is 0.929. The van der Waals surface area contributed by atoms with E-state index in [4.69, 9.17) is 0 Å². The highest BCUT2D eigenvalue weighted by molar-refractivity contribution is 6.07. The molecule has 156 valence electrons. The molecular weight excluding hydrogens is 376 g/mol. The number of benzene rings is 1. The van der Waals surface area contributed by atoms with Crippen LogP contribution in [0.3, 0.4) is 0 Å². The van der Waals surface area contributed by atoms with E-state index < -0.39 is 0 Å². The van der Waals surface area contributed by atoms with Gasteiger partial charge in [-0.05, 0) is 61.4 Å². The Morgan fingerprint density at radius 3 is 2.73 bits per heavy atom. The van der Waals surface area contributed by atoms with E-state index in [-0.39, 0.29) is 24.4 Å². The fraction of sp³-hybridized carbons (Fsp3) is 0.458. The summed E-state index contributed by atoms with van der Waals surface area (Å²) in [6.07, 6.45) is 9.11. The van der Waals surface area contributed by atoms with Crippen LogP contribution in [0.4, 0.5) is 0 Å². The van der Waals surface area contributed by atoms with E-state index in [2.05, 4.69) is 9.89 Å². The first kappa shape index (κ1) is 19.1. The lowest BCUT2D eigenvalue weighted by molar-refractivity contribution is -0.129. The maximum atomic E-state index is 13.8. The Labute approximate surface area is 176 Å². The molecule has 0 N–H and O–H groups in total. The summed E-state index contributed by atoms with van der Waals surface area (Å²) in [5.74, 6) is 0.164. The molecule has 0 radical (unpaired) electrons. The fourth-order valence-electron chi connectivity index (χ4n) is 4.79. The van der Waals surface area contributed by atoms with Gasteiger partial charge in [-0.25, -0.2) is 0 Å². The van der Waals surface area contributed by atoms with Crippen LogP contribution in [0.15, 0.2) is 46.6 Å². The molecule has 1 fully saturated rings. The van der Waals surface area contributed by atoms with Gasteiger partial charge in [-0.3, -0.25) is 14.6 Å². The van der Waals surface area contributed by atoms with Crippen molar-refractivity contribution >= 4 is 28.9 Å². The van der Waals surface area contributed by atoms with Crippen LogP contribution in [0.1, 0.15) is 42.5 Å². The highest BCUT2D eigenvalue weighted by Gasteiger charge is 2.40. The maximum absolute atomic E-state index is 13.8. The Bertz CT molecular complexity index is 1070. The van der Waals surface area contributed by atoms with Crippen LogP contribution >= 0.6 is 0 Å². The van der Waals surface area contributed by atoms with E-state index in [0.29, 0.717) is 6.04 Å². The minimum atomic E-state index is 0.0355. The highest BCUT2D eigenvalue weighted by Crippen LogP contribution is 2.38. The average Bonchev–Trinajstić information content (AvgIpc) is 3.31. The molecule has 2 aliphatic carbocycles. The van der Waals surface area contributed by atoms with Crippen LogP contribution in [0.5, 0.6) is 0 Å². The lowest BCUT2D eigenvalue weighted by Crippen LogP contribution is -2.43. The van der Waals surface area contributed by atoms with Crippen molar-refractivity contribution in [3.8, 4) is 0 Å². The minimum Gasteiger partial charge on any atom is -0.347 e. The number of fused-ring (bicyclic) bond motifs is 1. The van der Waals surface area contributed by atoms with Crippen LogP contribution in [0.2, 0.25) is 0 Å². The zero-order chi connectivity index (χ0) is 20.8. The molecule has 1 unspecified atom stereocenters. The van der Waals surface area contributed by atoms with Gasteiger partial charge in [0.1, 0.15) is 6.54 Å². The molecule has 30 heavy (non-hydrogen) atoms. The van der Waals surface area contributed by atoms with E-state index in [1.165, 1.54) is 11.1 Å². The third kappa shape index (κ3) is 3.34. The molecule has 1 aliphatic heterocycles. The molecule has 0 saturated heterocycles. The van der Waals surface area contributed by atoms with Gasteiger partial charge in [0.05, 0.1) is 6.54 Å². The number of amides is 2. The highest BCUT2D eigenvalue weighted by atomic mass is 16.2. The molecule has 1 aromatic heterocycles. The van der Waals surface area contributed by atoms with Crippen molar-refractivity contribution in [3.05, 3.63) is 47.2 Å². The molecule has 6 nitrogen and oxygen atoms in total. The van der Waals surface area contributed by atoms with Crippen molar-refractivity contribution in [1.29, 1.82) is 0 Å². The molecular formula is C24H28N4O2. The number of likely N-dealkylation sites (N-methyl/N-ethyl adjacent to an activating group) is 1. The van der Waals surface area contributed by atoms with Gasteiger partial charge in [0.15, 0.2) is 0 Å². The van der Waals surface area contributed by atoms with Crippen molar-refractivity contribution < 1.29 is 9.59 Å². The molecule has 2 heterocycles. The Balaban J connectivity index is 1.45. The van der Waals surface area contributed by atoms with E-state index in [1.54, 1.807) is 19.0 Å². The summed E-state index contributed by atoms with van der Waals surface area (Å²) in [6, 6.07) is 8.44. The molecule has 1 saturated carbocycles. The monoisotopic (exact) mass is 404 g/mol. The Morgan fingerprint density at radius 2 is 1.97 bits per heavy atom. The molecule has 1 aromatic carbocycles. The lowest BCUT2D eigenvalue weighted by Gasteiger charge is -2.35. The molecule has 3 aliphatic rings.